The summed E-state index contributed by atoms with van der Waals surface area (Å²) in [6.45, 7) is 0. The molecule has 0 aromatic heterocycles. The van der Waals surface area contributed by atoms with Gasteiger partial charge in [0.15, 0.2) is 0 Å². The van der Waals surface area contributed by atoms with Gasteiger partial charge >= 0.3 is 5.97 Å². The summed E-state index contributed by atoms with van der Waals surface area (Å²) in [6, 6.07) is 19.6. The summed E-state index contributed by atoms with van der Waals surface area (Å²) in [6.07, 6.45) is 1.46. The number of carboxylic acids is 1. The van der Waals surface area contributed by atoms with Gasteiger partial charge < -0.3 is 16.1 Å². The Morgan fingerprint density at radius 3 is 2.22 bits per heavy atom. The van der Waals surface area contributed by atoms with E-state index < -0.39 is 5.97 Å². The summed E-state index contributed by atoms with van der Waals surface area (Å²) in [4.78, 5) is 10.2. The van der Waals surface area contributed by atoms with Gasteiger partial charge in [-0.2, -0.15) is 5.10 Å². The maximum atomic E-state index is 10.2. The van der Waals surface area contributed by atoms with E-state index in [9.17, 15) is 9.90 Å². The number of hydrogen-bond acceptors (Lipinski definition) is 4. The minimum atomic E-state index is -0.879. The van der Waals surface area contributed by atoms with E-state index in [-0.39, 0.29) is 5.75 Å². The lowest BCUT2D eigenvalue weighted by Gasteiger charge is -2.03. The van der Waals surface area contributed by atoms with E-state index in [1.807, 2.05) is 30.3 Å². The number of carbonyl (C=O) groups is 1. The molecular formula is C18H16N2O3. The summed E-state index contributed by atoms with van der Waals surface area (Å²) < 4.78 is 0. The molecule has 0 aliphatic carbocycles. The number of rotatable bonds is 2. The monoisotopic (exact) mass is 308 g/mol. The zero-order valence-corrected chi connectivity index (χ0v) is 12.3. The van der Waals surface area contributed by atoms with Crippen LogP contribution in [0, 0.1) is 0 Å². The van der Waals surface area contributed by atoms with Gasteiger partial charge in [0.1, 0.15) is 5.75 Å². The van der Waals surface area contributed by atoms with Gasteiger partial charge in [-0.3, -0.25) is 0 Å². The Bertz CT molecular complexity index is 830. The number of aromatic carboxylic acids is 1. The third kappa shape index (κ3) is 4.07. The highest BCUT2D eigenvalue weighted by Gasteiger charge is 2.03. The van der Waals surface area contributed by atoms with E-state index in [1.165, 1.54) is 6.21 Å². The van der Waals surface area contributed by atoms with Crippen LogP contribution in [0.5, 0.6) is 5.75 Å². The van der Waals surface area contributed by atoms with Gasteiger partial charge in [-0.15, -0.1) is 0 Å². The second kappa shape index (κ2) is 7.61. The van der Waals surface area contributed by atoms with Gasteiger partial charge in [-0.05, 0) is 29.0 Å². The lowest BCUT2D eigenvalue weighted by atomic mass is 10.0. The fraction of sp³-hybridized carbons (Fsp3) is 0. The van der Waals surface area contributed by atoms with Crippen LogP contribution in [-0.4, -0.2) is 22.4 Å². The first-order valence-corrected chi connectivity index (χ1v) is 6.86. The number of nitrogens with two attached hydrogens (primary N) is 1. The number of aromatic hydroxyl groups is 1. The molecule has 0 aliphatic rings. The average molecular weight is 308 g/mol. The van der Waals surface area contributed by atoms with Gasteiger partial charge in [0.05, 0.1) is 11.8 Å². The van der Waals surface area contributed by atoms with Crippen LogP contribution in [0.1, 0.15) is 15.9 Å². The number of benzene rings is 3. The Labute approximate surface area is 133 Å². The number of phenols is 1. The zero-order valence-electron chi connectivity index (χ0n) is 12.3. The van der Waals surface area contributed by atoms with Crippen molar-refractivity contribution in [3.63, 3.8) is 0 Å². The molecule has 4 N–H and O–H groups in total. The Balaban J connectivity index is 0.000000185. The SMILES string of the molecule is NN=Cc1c(O)ccc2ccccc12.O=C(O)c1ccccc1. The second-order valence-corrected chi connectivity index (χ2v) is 4.67. The van der Waals surface area contributed by atoms with Crippen molar-refractivity contribution < 1.29 is 15.0 Å². The van der Waals surface area contributed by atoms with E-state index in [4.69, 9.17) is 10.9 Å². The smallest absolute Gasteiger partial charge is 0.335 e. The molecule has 0 unspecified atom stereocenters. The molecular weight excluding hydrogens is 292 g/mol. The molecule has 3 aromatic carbocycles. The topological polar surface area (TPSA) is 95.9 Å². The standard InChI is InChI=1S/C11H10N2O.C7H6O2/c12-13-7-10-9-4-2-1-3-8(9)5-6-11(10)14;8-7(9)6-4-2-1-3-5-6/h1-7,14H,12H2;1-5H,(H,8,9). The van der Waals surface area contributed by atoms with Crippen LogP contribution in [0.3, 0.4) is 0 Å². The minimum absolute atomic E-state index is 0.193. The van der Waals surface area contributed by atoms with E-state index >= 15 is 0 Å². The van der Waals surface area contributed by atoms with Crippen LogP contribution in [0.15, 0.2) is 71.8 Å². The van der Waals surface area contributed by atoms with E-state index in [0.29, 0.717) is 11.1 Å². The number of carboxylic acid groups (broad SMARTS) is 1. The quantitative estimate of drug-likeness (QED) is 0.385. The highest BCUT2D eigenvalue weighted by Crippen LogP contribution is 2.25. The molecule has 0 heterocycles. The Kier molecular flexibility index (Phi) is 5.30. The number of hydrazone groups is 1. The fourth-order valence-corrected chi connectivity index (χ4v) is 2.08. The maximum Gasteiger partial charge on any atom is 0.335 e. The Morgan fingerprint density at radius 2 is 1.61 bits per heavy atom. The summed E-state index contributed by atoms with van der Waals surface area (Å²) >= 11 is 0. The molecule has 0 aliphatic heterocycles. The molecule has 116 valence electrons. The normalized spacial score (nSPS) is 10.3. The zero-order chi connectivity index (χ0) is 16.7. The molecule has 5 heteroatoms. The van der Waals surface area contributed by atoms with Crippen LogP contribution >= 0.6 is 0 Å². The molecule has 0 saturated carbocycles. The lowest BCUT2D eigenvalue weighted by Crippen LogP contribution is -1.93. The first kappa shape index (κ1) is 16.0. The molecule has 0 radical (unpaired) electrons. The van der Waals surface area contributed by atoms with Crippen molar-refractivity contribution in [2.45, 2.75) is 0 Å². The van der Waals surface area contributed by atoms with Crippen molar-refractivity contribution in [2.75, 3.05) is 0 Å². The van der Waals surface area contributed by atoms with E-state index in [2.05, 4.69) is 5.10 Å². The molecule has 0 amide bonds. The largest absolute Gasteiger partial charge is 0.507 e. The minimum Gasteiger partial charge on any atom is -0.507 e. The third-order valence-corrected chi connectivity index (χ3v) is 3.17. The van der Waals surface area contributed by atoms with Crippen LogP contribution < -0.4 is 5.84 Å². The van der Waals surface area contributed by atoms with Crippen molar-refractivity contribution in [3.8, 4) is 5.75 Å². The highest BCUT2D eigenvalue weighted by molar-refractivity contribution is 6.02. The van der Waals surface area contributed by atoms with E-state index in [1.54, 1.807) is 36.4 Å². The van der Waals surface area contributed by atoms with Crippen molar-refractivity contribution in [3.05, 3.63) is 77.9 Å². The predicted octanol–water partition coefficient (Wildman–Crippen LogP) is 3.22. The molecule has 3 rings (SSSR count). The Hall–Kier alpha value is -3.34. The van der Waals surface area contributed by atoms with Crippen molar-refractivity contribution in [2.24, 2.45) is 10.9 Å². The fourth-order valence-electron chi connectivity index (χ4n) is 2.08. The van der Waals surface area contributed by atoms with Crippen LogP contribution in [0.2, 0.25) is 0 Å². The van der Waals surface area contributed by atoms with Crippen molar-refractivity contribution >= 4 is 23.0 Å². The summed E-state index contributed by atoms with van der Waals surface area (Å²) in [5.74, 6) is 4.39. The van der Waals surface area contributed by atoms with Crippen LogP contribution in [0.25, 0.3) is 10.8 Å². The number of fused-ring (bicyclic) bond motifs is 1. The third-order valence-electron chi connectivity index (χ3n) is 3.17. The average Bonchev–Trinajstić information content (AvgIpc) is 2.59. The van der Waals surface area contributed by atoms with Crippen LogP contribution in [-0.2, 0) is 0 Å². The number of phenolic OH excluding ortho intramolecular Hbond substituents is 1. The van der Waals surface area contributed by atoms with Gasteiger partial charge in [-0.1, -0.05) is 48.5 Å². The molecule has 3 aromatic rings. The lowest BCUT2D eigenvalue weighted by molar-refractivity contribution is 0.0697. The molecule has 0 bridgehead atoms. The van der Waals surface area contributed by atoms with Crippen LogP contribution in [0.4, 0.5) is 0 Å². The maximum absolute atomic E-state index is 10.2. The molecule has 23 heavy (non-hydrogen) atoms. The van der Waals surface area contributed by atoms with Gasteiger partial charge in [0.25, 0.3) is 0 Å². The highest BCUT2D eigenvalue weighted by atomic mass is 16.4. The number of hydrogen-bond donors (Lipinski definition) is 3. The molecule has 0 saturated heterocycles. The summed E-state index contributed by atoms with van der Waals surface area (Å²) in [7, 11) is 0. The molecule has 0 spiro atoms. The molecule has 0 fully saturated rings. The second-order valence-electron chi connectivity index (χ2n) is 4.67. The van der Waals surface area contributed by atoms with Gasteiger partial charge in [-0.25, -0.2) is 4.79 Å². The Morgan fingerprint density at radius 1 is 0.957 bits per heavy atom. The van der Waals surface area contributed by atoms with E-state index in [0.717, 1.165) is 10.8 Å². The van der Waals surface area contributed by atoms with Gasteiger partial charge in [0.2, 0.25) is 0 Å². The predicted molar refractivity (Wildman–Crippen MR) is 90.8 cm³/mol. The number of nitrogens with zero attached hydrogens (tertiary/aromatic N) is 1. The summed E-state index contributed by atoms with van der Waals surface area (Å²) in [5, 5.41) is 23.4. The molecule has 5 nitrogen and oxygen atoms in total. The van der Waals surface area contributed by atoms with Crippen molar-refractivity contribution in [1.29, 1.82) is 0 Å². The molecule has 0 atom stereocenters. The van der Waals surface area contributed by atoms with Crippen molar-refractivity contribution in [1.82, 2.24) is 0 Å². The first-order valence-electron chi connectivity index (χ1n) is 6.86. The first-order chi connectivity index (χ1) is 11.1. The van der Waals surface area contributed by atoms with Gasteiger partial charge in [0, 0.05) is 5.56 Å². The summed E-state index contributed by atoms with van der Waals surface area (Å²) in [5.41, 5.74) is 0.989.